The lowest BCUT2D eigenvalue weighted by atomic mass is 9.75. The molecule has 1 aromatic heterocycles. The first kappa shape index (κ1) is 13.3. The first-order chi connectivity index (χ1) is 9.44. The molecule has 4 heteroatoms. The molecule has 0 unspecified atom stereocenters. The van der Waals surface area contributed by atoms with Gasteiger partial charge in [-0.25, -0.2) is 0 Å². The molecule has 108 valence electrons. The average molecular weight is 273 g/mol. The number of nitrogen functional groups attached to an aromatic ring is 1. The quantitative estimate of drug-likeness (QED) is 0.845. The summed E-state index contributed by atoms with van der Waals surface area (Å²) in [6.07, 6.45) is 4.92. The van der Waals surface area contributed by atoms with Crippen molar-refractivity contribution in [3.8, 4) is 0 Å². The predicted octanol–water partition coefficient (Wildman–Crippen LogP) is 3.82. The smallest absolute Gasteiger partial charge is 0.298 e. The Kier molecular flexibility index (Phi) is 3.11. The third-order valence-corrected chi connectivity index (χ3v) is 4.56. The van der Waals surface area contributed by atoms with Crippen molar-refractivity contribution in [1.29, 1.82) is 0 Å². The molecule has 1 heterocycles. The minimum atomic E-state index is 0.479. The Hall–Kier alpha value is -1.71. The van der Waals surface area contributed by atoms with E-state index < -0.39 is 0 Å². The lowest BCUT2D eigenvalue weighted by Crippen LogP contribution is -2.37. The SMILES string of the molecule is CN(c1nc2cc(N)ccc2o1)C1CCC(C)(C)CC1. The molecule has 1 aliphatic rings. The van der Waals surface area contributed by atoms with Crippen LogP contribution in [0.25, 0.3) is 11.1 Å². The van der Waals surface area contributed by atoms with Gasteiger partial charge in [-0.3, -0.25) is 0 Å². The summed E-state index contributed by atoms with van der Waals surface area (Å²) in [5.41, 5.74) is 8.63. The fourth-order valence-electron chi connectivity index (χ4n) is 3.01. The summed E-state index contributed by atoms with van der Waals surface area (Å²) in [6, 6.07) is 6.82. The molecule has 0 radical (unpaired) electrons. The molecular formula is C16H23N3O. The number of aromatic nitrogens is 1. The molecule has 1 aromatic carbocycles. The Morgan fingerprint density at radius 3 is 2.70 bits per heavy atom. The summed E-state index contributed by atoms with van der Waals surface area (Å²) in [5.74, 6) is 0. The second-order valence-electron chi connectivity index (χ2n) is 6.73. The zero-order valence-corrected chi connectivity index (χ0v) is 12.5. The van der Waals surface area contributed by atoms with E-state index in [1.165, 1.54) is 25.7 Å². The summed E-state index contributed by atoms with van der Waals surface area (Å²) in [4.78, 5) is 6.75. The maximum absolute atomic E-state index is 5.85. The van der Waals surface area contributed by atoms with Crippen LogP contribution in [0.3, 0.4) is 0 Å². The van der Waals surface area contributed by atoms with Gasteiger partial charge in [0.25, 0.3) is 6.01 Å². The van der Waals surface area contributed by atoms with E-state index in [1.54, 1.807) is 0 Å². The lowest BCUT2D eigenvalue weighted by Gasteiger charge is -2.37. The van der Waals surface area contributed by atoms with E-state index in [2.05, 4.69) is 30.8 Å². The molecule has 1 aliphatic carbocycles. The van der Waals surface area contributed by atoms with Gasteiger partial charge in [-0.1, -0.05) is 13.8 Å². The van der Waals surface area contributed by atoms with Crippen LogP contribution in [-0.4, -0.2) is 18.1 Å². The molecule has 0 atom stereocenters. The number of fused-ring (bicyclic) bond motifs is 1. The van der Waals surface area contributed by atoms with E-state index in [1.807, 2.05) is 18.2 Å². The number of nitrogens with two attached hydrogens (primary N) is 1. The van der Waals surface area contributed by atoms with Gasteiger partial charge >= 0.3 is 0 Å². The highest BCUT2D eigenvalue weighted by atomic mass is 16.4. The Balaban J connectivity index is 1.80. The van der Waals surface area contributed by atoms with Crippen molar-refractivity contribution in [2.75, 3.05) is 17.7 Å². The van der Waals surface area contributed by atoms with Gasteiger partial charge in [-0.2, -0.15) is 4.98 Å². The Bertz CT molecular complexity index is 607. The van der Waals surface area contributed by atoms with E-state index in [4.69, 9.17) is 10.2 Å². The molecule has 0 bridgehead atoms. The predicted molar refractivity (Wildman–Crippen MR) is 82.9 cm³/mol. The van der Waals surface area contributed by atoms with Crippen LogP contribution in [0, 0.1) is 5.41 Å². The summed E-state index contributed by atoms with van der Waals surface area (Å²) in [6.45, 7) is 4.71. The molecular weight excluding hydrogens is 250 g/mol. The number of anilines is 2. The molecule has 4 nitrogen and oxygen atoms in total. The van der Waals surface area contributed by atoms with Gasteiger partial charge in [0.1, 0.15) is 5.52 Å². The number of benzene rings is 1. The third-order valence-electron chi connectivity index (χ3n) is 4.56. The monoisotopic (exact) mass is 273 g/mol. The highest BCUT2D eigenvalue weighted by molar-refractivity contribution is 5.78. The van der Waals surface area contributed by atoms with Crippen molar-refractivity contribution in [2.24, 2.45) is 5.41 Å². The fourth-order valence-corrected chi connectivity index (χ4v) is 3.01. The van der Waals surface area contributed by atoms with Gasteiger partial charge in [0.15, 0.2) is 5.58 Å². The number of nitrogens with zero attached hydrogens (tertiary/aromatic N) is 2. The zero-order valence-electron chi connectivity index (χ0n) is 12.5. The van der Waals surface area contributed by atoms with E-state index in [0.717, 1.165) is 16.8 Å². The van der Waals surface area contributed by atoms with Crippen molar-refractivity contribution >= 4 is 22.8 Å². The second-order valence-corrected chi connectivity index (χ2v) is 6.73. The molecule has 0 amide bonds. The van der Waals surface area contributed by atoms with Crippen molar-refractivity contribution in [3.63, 3.8) is 0 Å². The van der Waals surface area contributed by atoms with E-state index in [0.29, 0.717) is 17.5 Å². The van der Waals surface area contributed by atoms with Gasteiger partial charge in [0.2, 0.25) is 0 Å². The first-order valence-corrected chi connectivity index (χ1v) is 7.33. The third kappa shape index (κ3) is 2.47. The number of hydrogen-bond donors (Lipinski definition) is 1. The van der Waals surface area contributed by atoms with Crippen molar-refractivity contribution in [2.45, 2.75) is 45.6 Å². The standard InChI is InChI=1S/C16H23N3O/c1-16(2)8-6-12(7-9-16)19(3)15-18-13-10-11(17)4-5-14(13)20-15/h4-5,10,12H,6-9,17H2,1-3H3. The lowest BCUT2D eigenvalue weighted by molar-refractivity contribution is 0.220. The van der Waals surface area contributed by atoms with Gasteiger partial charge in [-0.15, -0.1) is 0 Å². The van der Waals surface area contributed by atoms with Gasteiger partial charge < -0.3 is 15.1 Å². The fraction of sp³-hybridized carbons (Fsp3) is 0.562. The largest absolute Gasteiger partial charge is 0.423 e. The molecule has 2 N–H and O–H groups in total. The number of hydrogen-bond acceptors (Lipinski definition) is 4. The van der Waals surface area contributed by atoms with Gasteiger partial charge in [0, 0.05) is 18.8 Å². The Morgan fingerprint density at radius 2 is 2.00 bits per heavy atom. The number of rotatable bonds is 2. The van der Waals surface area contributed by atoms with E-state index >= 15 is 0 Å². The Labute approximate surface area is 120 Å². The van der Waals surface area contributed by atoms with Crippen molar-refractivity contribution in [3.05, 3.63) is 18.2 Å². The van der Waals surface area contributed by atoms with E-state index in [-0.39, 0.29) is 0 Å². The molecule has 2 aromatic rings. The molecule has 0 aliphatic heterocycles. The molecule has 1 saturated carbocycles. The van der Waals surface area contributed by atoms with Crippen LogP contribution in [0.2, 0.25) is 0 Å². The van der Waals surface area contributed by atoms with Gasteiger partial charge in [-0.05, 0) is 49.3 Å². The molecule has 1 fully saturated rings. The maximum Gasteiger partial charge on any atom is 0.298 e. The van der Waals surface area contributed by atoms with Crippen LogP contribution in [0.4, 0.5) is 11.7 Å². The highest BCUT2D eigenvalue weighted by Crippen LogP contribution is 2.38. The second kappa shape index (κ2) is 4.69. The summed E-state index contributed by atoms with van der Waals surface area (Å²) >= 11 is 0. The maximum atomic E-state index is 5.85. The normalized spacial score (nSPS) is 19.4. The minimum Gasteiger partial charge on any atom is -0.423 e. The molecule has 3 rings (SSSR count). The van der Waals surface area contributed by atoms with E-state index in [9.17, 15) is 0 Å². The van der Waals surface area contributed by atoms with Gasteiger partial charge in [0.05, 0.1) is 0 Å². The van der Waals surface area contributed by atoms with Crippen LogP contribution in [0.1, 0.15) is 39.5 Å². The van der Waals surface area contributed by atoms with Crippen LogP contribution < -0.4 is 10.6 Å². The van der Waals surface area contributed by atoms with Crippen LogP contribution >= 0.6 is 0 Å². The number of oxazole rings is 1. The average Bonchev–Trinajstić information content (AvgIpc) is 2.80. The summed E-state index contributed by atoms with van der Waals surface area (Å²) in [5, 5.41) is 0. The Morgan fingerprint density at radius 1 is 1.30 bits per heavy atom. The molecule has 0 saturated heterocycles. The minimum absolute atomic E-state index is 0.479. The van der Waals surface area contributed by atoms with Crippen LogP contribution in [-0.2, 0) is 0 Å². The topological polar surface area (TPSA) is 55.3 Å². The zero-order chi connectivity index (χ0) is 14.3. The summed E-state index contributed by atoms with van der Waals surface area (Å²) < 4.78 is 5.85. The van der Waals surface area contributed by atoms with Crippen molar-refractivity contribution in [1.82, 2.24) is 4.98 Å². The first-order valence-electron chi connectivity index (χ1n) is 7.33. The van der Waals surface area contributed by atoms with Crippen LogP contribution in [0.5, 0.6) is 0 Å². The van der Waals surface area contributed by atoms with Crippen molar-refractivity contribution < 1.29 is 4.42 Å². The van der Waals surface area contributed by atoms with Crippen LogP contribution in [0.15, 0.2) is 22.6 Å². The summed E-state index contributed by atoms with van der Waals surface area (Å²) in [7, 11) is 2.08. The molecule has 0 spiro atoms. The molecule has 20 heavy (non-hydrogen) atoms. The highest BCUT2D eigenvalue weighted by Gasteiger charge is 2.30.